The second-order valence-corrected chi connectivity index (χ2v) is 9.65. The minimum absolute atomic E-state index is 0.0350. The van der Waals surface area contributed by atoms with E-state index in [1.54, 1.807) is 11.3 Å². The van der Waals surface area contributed by atoms with Crippen molar-refractivity contribution in [2.24, 2.45) is 5.92 Å². The summed E-state index contributed by atoms with van der Waals surface area (Å²) in [5.41, 5.74) is 4.92. The molecule has 2 heterocycles. The van der Waals surface area contributed by atoms with Crippen molar-refractivity contribution in [2.45, 2.75) is 52.5 Å². The molecule has 0 bridgehead atoms. The quantitative estimate of drug-likeness (QED) is 0.590. The van der Waals surface area contributed by atoms with Crippen molar-refractivity contribution < 1.29 is 4.79 Å². The number of piperidine rings is 1. The van der Waals surface area contributed by atoms with Crippen LogP contribution in [0, 0.1) is 19.8 Å². The summed E-state index contributed by atoms with van der Waals surface area (Å²) in [6, 6.07) is 15.1. The number of amides is 1. The summed E-state index contributed by atoms with van der Waals surface area (Å²) in [4.78, 5) is 20.1. The molecule has 3 aromatic rings. The maximum Gasteiger partial charge on any atom is 0.225 e. The molecule has 2 unspecified atom stereocenters. The first kappa shape index (κ1) is 20.9. The lowest BCUT2D eigenvalue weighted by Gasteiger charge is -2.32. The van der Waals surface area contributed by atoms with Gasteiger partial charge in [-0.15, -0.1) is 0 Å². The minimum Gasteiger partial charge on any atom is -0.353 e. The Morgan fingerprint density at radius 1 is 1.27 bits per heavy atom. The predicted octanol–water partition coefficient (Wildman–Crippen LogP) is 5.27. The maximum atomic E-state index is 12.9. The van der Waals surface area contributed by atoms with E-state index in [0.29, 0.717) is 0 Å². The molecule has 0 spiro atoms. The lowest BCUT2D eigenvalue weighted by Crippen LogP contribution is -2.45. The number of anilines is 1. The number of aryl methyl sites for hydroxylation is 3. The van der Waals surface area contributed by atoms with Gasteiger partial charge in [-0.05, 0) is 69.2 Å². The van der Waals surface area contributed by atoms with Crippen molar-refractivity contribution in [1.29, 1.82) is 0 Å². The molecule has 1 N–H and O–H groups in total. The van der Waals surface area contributed by atoms with E-state index >= 15 is 0 Å². The summed E-state index contributed by atoms with van der Waals surface area (Å²) in [6.45, 7) is 8.11. The first-order valence-electron chi connectivity index (χ1n) is 11.0. The van der Waals surface area contributed by atoms with Gasteiger partial charge in [0.1, 0.15) is 0 Å². The van der Waals surface area contributed by atoms with Crippen LogP contribution in [-0.2, 0) is 11.2 Å². The van der Waals surface area contributed by atoms with Crippen LogP contribution in [-0.4, -0.2) is 30.0 Å². The van der Waals surface area contributed by atoms with Crippen LogP contribution >= 0.6 is 11.3 Å². The number of aromatic nitrogens is 1. The Morgan fingerprint density at radius 3 is 2.87 bits per heavy atom. The molecular formula is C25H31N3OS. The normalized spacial score (nSPS) is 17.8. The third-order valence-electron chi connectivity index (χ3n) is 5.98. The number of nitrogens with one attached hydrogen (secondary N) is 1. The molecule has 1 aromatic heterocycles. The second kappa shape index (κ2) is 9.17. The fraction of sp³-hybridized carbons (Fsp3) is 0.440. The summed E-state index contributed by atoms with van der Waals surface area (Å²) in [5, 5.41) is 4.30. The van der Waals surface area contributed by atoms with Crippen LogP contribution in [0.2, 0.25) is 0 Å². The fourth-order valence-corrected chi connectivity index (χ4v) is 5.50. The van der Waals surface area contributed by atoms with Gasteiger partial charge >= 0.3 is 0 Å². The van der Waals surface area contributed by atoms with E-state index in [1.165, 1.54) is 21.4 Å². The topological polar surface area (TPSA) is 45.2 Å². The van der Waals surface area contributed by atoms with Crippen LogP contribution < -0.4 is 10.2 Å². The average molecular weight is 422 g/mol. The van der Waals surface area contributed by atoms with E-state index in [9.17, 15) is 4.79 Å². The summed E-state index contributed by atoms with van der Waals surface area (Å²) >= 11 is 1.75. The van der Waals surface area contributed by atoms with Gasteiger partial charge in [0.25, 0.3) is 0 Å². The largest absolute Gasteiger partial charge is 0.353 e. The summed E-state index contributed by atoms with van der Waals surface area (Å²) < 4.78 is 1.24. The lowest BCUT2D eigenvalue weighted by molar-refractivity contribution is -0.125. The zero-order valence-corrected chi connectivity index (χ0v) is 19.0. The number of fused-ring (bicyclic) bond motifs is 1. The number of benzene rings is 2. The van der Waals surface area contributed by atoms with Gasteiger partial charge in [-0.1, -0.05) is 47.7 Å². The molecule has 158 valence electrons. The number of hydrogen-bond donors (Lipinski definition) is 1. The van der Waals surface area contributed by atoms with Crippen molar-refractivity contribution >= 4 is 32.6 Å². The van der Waals surface area contributed by atoms with Gasteiger partial charge in [0.2, 0.25) is 5.91 Å². The molecule has 0 saturated carbocycles. The Hall–Kier alpha value is -2.40. The highest BCUT2D eigenvalue weighted by atomic mass is 32.1. The highest BCUT2D eigenvalue weighted by molar-refractivity contribution is 7.22. The van der Waals surface area contributed by atoms with Crippen molar-refractivity contribution in [3.8, 4) is 0 Å². The van der Waals surface area contributed by atoms with Gasteiger partial charge in [0.15, 0.2) is 5.13 Å². The van der Waals surface area contributed by atoms with E-state index in [0.717, 1.165) is 49.4 Å². The second-order valence-electron chi connectivity index (χ2n) is 8.64. The van der Waals surface area contributed by atoms with Gasteiger partial charge in [0, 0.05) is 19.1 Å². The molecule has 1 amide bonds. The molecule has 1 saturated heterocycles. The molecule has 30 heavy (non-hydrogen) atoms. The van der Waals surface area contributed by atoms with E-state index in [2.05, 4.69) is 67.4 Å². The Labute approximate surface area is 183 Å². The highest BCUT2D eigenvalue weighted by Gasteiger charge is 2.28. The first-order chi connectivity index (χ1) is 14.5. The van der Waals surface area contributed by atoms with Crippen LogP contribution in [0.4, 0.5) is 5.13 Å². The van der Waals surface area contributed by atoms with Gasteiger partial charge in [-0.3, -0.25) is 4.79 Å². The third-order valence-corrected chi connectivity index (χ3v) is 7.04. The highest BCUT2D eigenvalue weighted by Crippen LogP contribution is 2.33. The summed E-state index contributed by atoms with van der Waals surface area (Å²) in [6.07, 6.45) is 3.94. The molecular weight excluding hydrogens is 390 g/mol. The molecule has 0 radical (unpaired) electrons. The molecule has 0 aliphatic carbocycles. The number of carbonyl (C=O) groups is 1. The molecule has 2 atom stereocenters. The number of carbonyl (C=O) groups excluding carboxylic acids is 1. The molecule has 1 aliphatic heterocycles. The van der Waals surface area contributed by atoms with Gasteiger partial charge < -0.3 is 10.2 Å². The predicted molar refractivity (Wildman–Crippen MR) is 126 cm³/mol. The smallest absolute Gasteiger partial charge is 0.225 e. The van der Waals surface area contributed by atoms with Crippen molar-refractivity contribution in [1.82, 2.24) is 10.3 Å². The van der Waals surface area contributed by atoms with Crippen LogP contribution in [0.25, 0.3) is 10.2 Å². The van der Waals surface area contributed by atoms with E-state index in [1.807, 2.05) is 6.07 Å². The zero-order valence-electron chi connectivity index (χ0n) is 18.1. The SMILES string of the molecule is Cc1cc(C)c2nc(N3CCCC(C(=O)NC(C)CCc4ccccc4)C3)sc2c1. The van der Waals surface area contributed by atoms with Crippen molar-refractivity contribution in [3.05, 3.63) is 59.2 Å². The molecule has 4 nitrogen and oxygen atoms in total. The maximum absolute atomic E-state index is 12.9. The molecule has 4 rings (SSSR count). The van der Waals surface area contributed by atoms with Crippen LogP contribution in [0.5, 0.6) is 0 Å². The Kier molecular flexibility index (Phi) is 6.38. The van der Waals surface area contributed by atoms with Crippen molar-refractivity contribution in [2.75, 3.05) is 18.0 Å². The average Bonchev–Trinajstić information content (AvgIpc) is 3.17. The van der Waals surface area contributed by atoms with Gasteiger partial charge in [-0.25, -0.2) is 4.98 Å². The van der Waals surface area contributed by atoms with E-state index < -0.39 is 0 Å². The zero-order chi connectivity index (χ0) is 21.1. The first-order valence-corrected chi connectivity index (χ1v) is 11.8. The van der Waals surface area contributed by atoms with E-state index in [4.69, 9.17) is 4.98 Å². The summed E-state index contributed by atoms with van der Waals surface area (Å²) in [7, 11) is 0. The Morgan fingerprint density at radius 2 is 2.07 bits per heavy atom. The lowest BCUT2D eigenvalue weighted by atomic mass is 9.96. The Bertz CT molecular complexity index is 1010. The molecule has 5 heteroatoms. The standard InChI is InChI=1S/C25H31N3OS/c1-17-14-18(2)23-22(15-17)30-25(27-23)28-13-7-10-21(16-28)24(29)26-19(3)11-12-20-8-5-4-6-9-20/h4-6,8-9,14-15,19,21H,7,10-13,16H2,1-3H3,(H,26,29). The Balaban J connectivity index is 1.36. The van der Waals surface area contributed by atoms with Crippen LogP contribution in [0.1, 0.15) is 42.9 Å². The minimum atomic E-state index is 0.0350. The van der Waals surface area contributed by atoms with Crippen molar-refractivity contribution in [3.63, 3.8) is 0 Å². The number of thiazole rings is 1. The van der Waals surface area contributed by atoms with Gasteiger partial charge in [-0.2, -0.15) is 0 Å². The summed E-state index contributed by atoms with van der Waals surface area (Å²) in [5.74, 6) is 0.223. The van der Waals surface area contributed by atoms with Crippen LogP contribution in [0.3, 0.4) is 0 Å². The van der Waals surface area contributed by atoms with Gasteiger partial charge in [0.05, 0.1) is 16.1 Å². The number of nitrogens with zero attached hydrogens (tertiary/aromatic N) is 2. The number of hydrogen-bond acceptors (Lipinski definition) is 4. The molecule has 1 fully saturated rings. The molecule has 2 aromatic carbocycles. The monoisotopic (exact) mass is 421 g/mol. The number of rotatable bonds is 6. The third kappa shape index (κ3) is 4.84. The van der Waals surface area contributed by atoms with E-state index in [-0.39, 0.29) is 17.9 Å². The molecule has 1 aliphatic rings. The fourth-order valence-electron chi connectivity index (χ4n) is 4.32. The van der Waals surface area contributed by atoms with Crippen LogP contribution in [0.15, 0.2) is 42.5 Å².